The summed E-state index contributed by atoms with van der Waals surface area (Å²) in [4.78, 5) is 23.8. The zero-order valence-corrected chi connectivity index (χ0v) is 17.8. The number of nitrogens with zero attached hydrogens (tertiary/aromatic N) is 2. The Balaban J connectivity index is 1.64. The number of aromatic nitrogens is 1. The van der Waals surface area contributed by atoms with Crippen molar-refractivity contribution in [3.8, 4) is 11.4 Å². The van der Waals surface area contributed by atoms with Crippen molar-refractivity contribution < 1.29 is 19.1 Å². The number of ether oxygens (including phenoxy) is 2. The summed E-state index contributed by atoms with van der Waals surface area (Å²) in [5.41, 5.74) is 6.73. The lowest BCUT2D eigenvalue weighted by Crippen LogP contribution is -2.24. The maximum atomic E-state index is 11.9. The molecule has 1 amide bonds. The minimum absolute atomic E-state index is 0.118. The Morgan fingerprint density at radius 1 is 1.06 bits per heavy atom. The number of carbonyl (C=O) groups excluding carboxylic acids is 2. The van der Waals surface area contributed by atoms with Gasteiger partial charge in [0.15, 0.2) is 6.61 Å². The Morgan fingerprint density at radius 3 is 2.45 bits per heavy atom. The van der Waals surface area contributed by atoms with E-state index in [-0.39, 0.29) is 18.5 Å². The molecule has 7 nitrogen and oxygen atoms in total. The fraction of sp³-hybridized carbons (Fsp3) is 0.208. The molecule has 3 aromatic rings. The van der Waals surface area contributed by atoms with Crippen molar-refractivity contribution in [2.45, 2.75) is 20.8 Å². The van der Waals surface area contributed by atoms with E-state index in [0.717, 1.165) is 22.6 Å². The van der Waals surface area contributed by atoms with E-state index in [1.807, 2.05) is 50.2 Å². The number of esters is 1. The highest BCUT2D eigenvalue weighted by molar-refractivity contribution is 5.89. The summed E-state index contributed by atoms with van der Waals surface area (Å²) in [6.07, 6.45) is 1.60. The van der Waals surface area contributed by atoms with Gasteiger partial charge in [0.2, 0.25) is 0 Å². The van der Waals surface area contributed by atoms with Crippen LogP contribution in [0, 0.1) is 13.8 Å². The van der Waals surface area contributed by atoms with Crippen LogP contribution >= 0.6 is 0 Å². The SMILES string of the molecule is CCOC(=O)c1ccc(-n2c(C)cc(/C=N\NC(=O)COc3ccccc3)c2C)cc1. The Kier molecular flexibility index (Phi) is 7.22. The topological polar surface area (TPSA) is 81.9 Å². The number of amides is 1. The lowest BCUT2D eigenvalue weighted by atomic mass is 10.2. The minimum atomic E-state index is -0.344. The van der Waals surface area contributed by atoms with E-state index in [4.69, 9.17) is 9.47 Å². The zero-order chi connectivity index (χ0) is 22.2. The van der Waals surface area contributed by atoms with Crippen molar-refractivity contribution >= 4 is 18.1 Å². The molecule has 0 saturated carbocycles. The van der Waals surface area contributed by atoms with Crippen molar-refractivity contribution in [1.29, 1.82) is 0 Å². The quantitative estimate of drug-likeness (QED) is 0.342. The van der Waals surface area contributed by atoms with Crippen molar-refractivity contribution in [2.75, 3.05) is 13.2 Å². The fourth-order valence-corrected chi connectivity index (χ4v) is 3.15. The van der Waals surface area contributed by atoms with Crippen LogP contribution in [0.25, 0.3) is 5.69 Å². The summed E-state index contributed by atoms with van der Waals surface area (Å²) in [6, 6.07) is 18.3. The van der Waals surface area contributed by atoms with E-state index in [2.05, 4.69) is 15.1 Å². The molecular weight excluding hydrogens is 394 g/mol. The van der Waals surface area contributed by atoms with Crippen molar-refractivity contribution in [3.05, 3.63) is 83.2 Å². The summed E-state index contributed by atoms with van der Waals surface area (Å²) in [5, 5.41) is 4.04. The van der Waals surface area contributed by atoms with Crippen LogP contribution in [-0.2, 0) is 9.53 Å². The highest BCUT2D eigenvalue weighted by Crippen LogP contribution is 2.20. The molecule has 31 heavy (non-hydrogen) atoms. The monoisotopic (exact) mass is 419 g/mol. The number of benzene rings is 2. The highest BCUT2D eigenvalue weighted by atomic mass is 16.5. The van der Waals surface area contributed by atoms with E-state index in [1.165, 1.54) is 0 Å². The molecule has 0 saturated heterocycles. The van der Waals surface area contributed by atoms with Gasteiger partial charge in [0, 0.05) is 22.6 Å². The smallest absolute Gasteiger partial charge is 0.338 e. The molecule has 0 atom stereocenters. The number of para-hydroxylation sites is 1. The molecule has 2 aromatic carbocycles. The first kappa shape index (κ1) is 21.8. The van der Waals surface area contributed by atoms with Gasteiger partial charge >= 0.3 is 5.97 Å². The third-order valence-electron chi connectivity index (χ3n) is 4.61. The molecule has 0 radical (unpaired) electrons. The van der Waals surface area contributed by atoms with Gasteiger partial charge < -0.3 is 14.0 Å². The number of nitrogens with one attached hydrogen (secondary N) is 1. The summed E-state index contributed by atoms with van der Waals surface area (Å²) in [6.45, 7) is 5.95. The molecule has 0 bridgehead atoms. The maximum absolute atomic E-state index is 11.9. The highest BCUT2D eigenvalue weighted by Gasteiger charge is 2.11. The van der Waals surface area contributed by atoms with E-state index in [9.17, 15) is 9.59 Å². The third-order valence-corrected chi connectivity index (χ3v) is 4.61. The predicted octanol–water partition coefficient (Wildman–Crippen LogP) is 3.80. The lowest BCUT2D eigenvalue weighted by molar-refractivity contribution is -0.123. The van der Waals surface area contributed by atoms with Gasteiger partial charge in [-0.2, -0.15) is 5.10 Å². The van der Waals surface area contributed by atoms with E-state index >= 15 is 0 Å². The fourth-order valence-electron chi connectivity index (χ4n) is 3.15. The number of hydrogen-bond donors (Lipinski definition) is 1. The second-order valence-corrected chi connectivity index (χ2v) is 6.82. The Hall–Kier alpha value is -3.87. The number of aryl methyl sites for hydroxylation is 1. The van der Waals surface area contributed by atoms with Crippen LogP contribution in [0.4, 0.5) is 0 Å². The number of rotatable bonds is 8. The van der Waals surface area contributed by atoms with Gasteiger partial charge in [-0.15, -0.1) is 0 Å². The molecule has 0 unspecified atom stereocenters. The molecule has 0 fully saturated rings. The average Bonchev–Trinajstić information content (AvgIpc) is 3.06. The standard InChI is InChI=1S/C24H25N3O4/c1-4-30-24(29)19-10-12-21(13-11-19)27-17(2)14-20(18(27)3)15-25-26-23(28)16-31-22-8-6-5-7-9-22/h5-15H,4,16H2,1-3H3,(H,26,28)/b25-15-. The van der Waals surface area contributed by atoms with Crippen molar-refractivity contribution in [3.63, 3.8) is 0 Å². The predicted molar refractivity (Wildman–Crippen MR) is 119 cm³/mol. The molecule has 7 heteroatoms. The first-order chi connectivity index (χ1) is 15.0. The Morgan fingerprint density at radius 2 is 1.77 bits per heavy atom. The number of carbonyl (C=O) groups is 2. The van der Waals surface area contributed by atoms with Gasteiger partial charge in [0.05, 0.1) is 18.4 Å². The molecule has 0 aliphatic heterocycles. The Bertz CT molecular complexity index is 1070. The molecule has 0 spiro atoms. The number of hydrazone groups is 1. The largest absolute Gasteiger partial charge is 0.484 e. The second kappa shape index (κ2) is 10.2. The van der Waals surface area contributed by atoms with Crippen LogP contribution in [0.3, 0.4) is 0 Å². The first-order valence-corrected chi connectivity index (χ1v) is 9.96. The van der Waals surface area contributed by atoms with Crippen LogP contribution in [0.5, 0.6) is 5.75 Å². The summed E-state index contributed by atoms with van der Waals surface area (Å²) >= 11 is 0. The normalized spacial score (nSPS) is 10.8. The molecule has 3 rings (SSSR count). The molecule has 0 aliphatic rings. The van der Waals surface area contributed by atoms with Gasteiger partial charge in [0.1, 0.15) is 5.75 Å². The summed E-state index contributed by atoms with van der Waals surface area (Å²) in [5.74, 6) is -0.0579. The van der Waals surface area contributed by atoms with Crippen molar-refractivity contribution in [2.24, 2.45) is 5.10 Å². The van der Waals surface area contributed by atoms with E-state index in [0.29, 0.717) is 17.9 Å². The molecule has 0 aliphatic carbocycles. The molecule has 1 N–H and O–H groups in total. The van der Waals surface area contributed by atoms with Crippen LogP contribution in [0.2, 0.25) is 0 Å². The molecule has 1 aromatic heterocycles. The first-order valence-electron chi connectivity index (χ1n) is 9.96. The van der Waals surface area contributed by atoms with Crippen LogP contribution in [0.1, 0.15) is 34.2 Å². The van der Waals surface area contributed by atoms with Crippen LogP contribution in [0.15, 0.2) is 65.8 Å². The molecule has 1 heterocycles. The lowest BCUT2D eigenvalue weighted by Gasteiger charge is -2.10. The average molecular weight is 419 g/mol. The zero-order valence-electron chi connectivity index (χ0n) is 17.8. The molecule has 160 valence electrons. The van der Waals surface area contributed by atoms with Crippen molar-refractivity contribution in [1.82, 2.24) is 9.99 Å². The van der Waals surface area contributed by atoms with Gasteiger partial charge in [-0.05, 0) is 63.2 Å². The second-order valence-electron chi connectivity index (χ2n) is 6.82. The summed E-state index contributed by atoms with van der Waals surface area (Å²) in [7, 11) is 0. The van der Waals surface area contributed by atoms with Crippen LogP contribution in [-0.4, -0.2) is 35.9 Å². The summed E-state index contributed by atoms with van der Waals surface area (Å²) < 4.78 is 12.5. The van der Waals surface area contributed by atoms with Gasteiger partial charge in [0.25, 0.3) is 5.91 Å². The maximum Gasteiger partial charge on any atom is 0.338 e. The third kappa shape index (κ3) is 5.60. The van der Waals surface area contributed by atoms with Gasteiger partial charge in [-0.1, -0.05) is 18.2 Å². The minimum Gasteiger partial charge on any atom is -0.484 e. The molecular formula is C24H25N3O4. The number of hydrogen-bond acceptors (Lipinski definition) is 5. The van der Waals surface area contributed by atoms with Gasteiger partial charge in [-0.25, -0.2) is 10.2 Å². The van der Waals surface area contributed by atoms with Gasteiger partial charge in [-0.3, -0.25) is 4.79 Å². The van der Waals surface area contributed by atoms with Crippen LogP contribution < -0.4 is 10.2 Å². The Labute approximate surface area is 181 Å². The van der Waals surface area contributed by atoms with E-state index < -0.39 is 0 Å². The van der Waals surface area contributed by atoms with E-state index in [1.54, 1.807) is 37.4 Å².